The Morgan fingerprint density at radius 1 is 1.18 bits per heavy atom. The van der Waals surface area contributed by atoms with Crippen LogP contribution in [-0.4, -0.2) is 73.7 Å². The van der Waals surface area contributed by atoms with Crippen molar-refractivity contribution >= 4 is 11.8 Å². The Bertz CT molecular complexity index is 422. The van der Waals surface area contributed by atoms with Gasteiger partial charge in [0.15, 0.2) is 0 Å². The van der Waals surface area contributed by atoms with E-state index in [1.807, 2.05) is 11.9 Å². The van der Waals surface area contributed by atoms with Crippen molar-refractivity contribution in [1.82, 2.24) is 9.80 Å². The first kappa shape index (κ1) is 15.7. The van der Waals surface area contributed by atoms with Gasteiger partial charge in [0.25, 0.3) is 0 Å². The second kappa shape index (κ2) is 6.96. The number of carbonyl (C=O) groups excluding carboxylic acids is 2. The number of rotatable bonds is 2. The summed E-state index contributed by atoms with van der Waals surface area (Å²) in [5, 5.41) is 0. The van der Waals surface area contributed by atoms with Crippen molar-refractivity contribution in [1.29, 1.82) is 0 Å². The molecule has 3 saturated heterocycles. The van der Waals surface area contributed by atoms with Gasteiger partial charge in [0.05, 0.1) is 12.1 Å². The van der Waals surface area contributed by atoms with E-state index in [0.717, 1.165) is 52.0 Å². The van der Waals surface area contributed by atoms with E-state index >= 15 is 0 Å². The third kappa shape index (κ3) is 3.43. The lowest BCUT2D eigenvalue weighted by molar-refractivity contribution is -0.154. The zero-order valence-corrected chi connectivity index (χ0v) is 13.3. The van der Waals surface area contributed by atoms with Crippen LogP contribution < -0.4 is 0 Å². The van der Waals surface area contributed by atoms with Gasteiger partial charge in [-0.1, -0.05) is 0 Å². The van der Waals surface area contributed by atoms with Crippen molar-refractivity contribution in [3.05, 3.63) is 0 Å². The minimum absolute atomic E-state index is 0.0447. The molecule has 0 aromatic heterocycles. The second-order valence-corrected chi connectivity index (χ2v) is 6.64. The summed E-state index contributed by atoms with van der Waals surface area (Å²) in [6.45, 7) is 3.20. The van der Waals surface area contributed by atoms with Crippen LogP contribution >= 0.6 is 0 Å². The predicted molar refractivity (Wildman–Crippen MR) is 80.3 cm³/mol. The van der Waals surface area contributed by atoms with Gasteiger partial charge in [-0.15, -0.1) is 0 Å². The molecule has 0 spiro atoms. The van der Waals surface area contributed by atoms with Crippen LogP contribution in [0.5, 0.6) is 0 Å². The number of morpholine rings is 1. The molecular weight excluding hydrogens is 284 g/mol. The highest BCUT2D eigenvalue weighted by Crippen LogP contribution is 2.25. The Morgan fingerprint density at radius 3 is 2.68 bits per heavy atom. The lowest BCUT2D eigenvalue weighted by Gasteiger charge is -2.37. The molecule has 22 heavy (non-hydrogen) atoms. The normalized spacial score (nSPS) is 30.9. The van der Waals surface area contributed by atoms with E-state index in [9.17, 15) is 9.59 Å². The highest BCUT2D eigenvalue weighted by molar-refractivity contribution is 5.78. The number of fused-ring (bicyclic) bond motifs is 1. The molecule has 2 amide bonds. The van der Waals surface area contributed by atoms with Gasteiger partial charge in [-0.3, -0.25) is 9.59 Å². The van der Waals surface area contributed by atoms with Crippen LogP contribution in [-0.2, 0) is 19.1 Å². The van der Waals surface area contributed by atoms with Crippen LogP contribution in [0, 0.1) is 5.92 Å². The molecule has 0 aliphatic carbocycles. The number of amides is 2. The van der Waals surface area contributed by atoms with E-state index in [0.29, 0.717) is 12.3 Å². The summed E-state index contributed by atoms with van der Waals surface area (Å²) in [4.78, 5) is 28.1. The van der Waals surface area contributed by atoms with Crippen LogP contribution in [0.2, 0.25) is 0 Å². The van der Waals surface area contributed by atoms with E-state index in [1.165, 1.54) is 0 Å². The molecule has 3 rings (SSSR count). The van der Waals surface area contributed by atoms with E-state index < -0.39 is 0 Å². The number of hydrogen-bond donors (Lipinski definition) is 0. The molecule has 6 nitrogen and oxygen atoms in total. The van der Waals surface area contributed by atoms with Crippen LogP contribution in [0.1, 0.15) is 32.1 Å². The van der Waals surface area contributed by atoms with Gasteiger partial charge in [0, 0.05) is 39.8 Å². The standard InChI is InChI=1S/C16H26N2O4/c1-17-13-2-6-18(7-3-14(13)22-11-16(17)20)15(19)10-12-4-8-21-9-5-12/h12-14H,2-11H2,1H3/t13-,14-/m0/s1. The molecule has 124 valence electrons. The van der Waals surface area contributed by atoms with Gasteiger partial charge in [-0.05, 0) is 31.6 Å². The molecule has 0 N–H and O–H groups in total. The Hall–Kier alpha value is -1.14. The topological polar surface area (TPSA) is 59.1 Å². The first-order valence-corrected chi connectivity index (χ1v) is 8.38. The minimum atomic E-state index is 0.0447. The molecule has 0 unspecified atom stereocenters. The zero-order chi connectivity index (χ0) is 15.5. The molecule has 0 aromatic rings. The molecule has 6 heteroatoms. The summed E-state index contributed by atoms with van der Waals surface area (Å²) in [5.74, 6) is 0.759. The molecule has 0 aromatic carbocycles. The summed E-state index contributed by atoms with van der Waals surface area (Å²) in [5.41, 5.74) is 0. The maximum Gasteiger partial charge on any atom is 0.248 e. The van der Waals surface area contributed by atoms with E-state index in [-0.39, 0.29) is 30.6 Å². The maximum atomic E-state index is 12.5. The number of carbonyl (C=O) groups is 2. The van der Waals surface area contributed by atoms with Crippen LogP contribution in [0.4, 0.5) is 0 Å². The maximum absolute atomic E-state index is 12.5. The van der Waals surface area contributed by atoms with Gasteiger partial charge < -0.3 is 19.3 Å². The highest BCUT2D eigenvalue weighted by Gasteiger charge is 2.37. The first-order chi connectivity index (χ1) is 10.6. The SMILES string of the molecule is CN1C(=O)CO[C@H]2CCN(C(=O)CC3CCOCC3)CC[C@@H]21. The van der Waals surface area contributed by atoms with Gasteiger partial charge in [-0.2, -0.15) is 0 Å². The largest absolute Gasteiger partial charge is 0.381 e. The summed E-state index contributed by atoms with van der Waals surface area (Å²) in [7, 11) is 1.85. The fourth-order valence-corrected chi connectivity index (χ4v) is 3.74. The van der Waals surface area contributed by atoms with Crippen molar-refractivity contribution in [2.75, 3.05) is 40.0 Å². The zero-order valence-electron chi connectivity index (χ0n) is 13.3. The lowest BCUT2D eigenvalue weighted by Crippen LogP contribution is -2.52. The second-order valence-electron chi connectivity index (χ2n) is 6.64. The highest BCUT2D eigenvalue weighted by atomic mass is 16.5. The first-order valence-electron chi connectivity index (χ1n) is 8.38. The molecule has 3 aliphatic rings. The van der Waals surface area contributed by atoms with Crippen LogP contribution in [0.15, 0.2) is 0 Å². The number of ether oxygens (including phenoxy) is 2. The number of hydrogen-bond acceptors (Lipinski definition) is 4. The van der Waals surface area contributed by atoms with Gasteiger partial charge >= 0.3 is 0 Å². The fraction of sp³-hybridized carbons (Fsp3) is 0.875. The summed E-state index contributed by atoms with van der Waals surface area (Å²) in [6.07, 6.45) is 4.32. The molecule has 0 radical (unpaired) electrons. The van der Waals surface area contributed by atoms with Crippen LogP contribution in [0.25, 0.3) is 0 Å². The number of likely N-dealkylation sites (tertiary alicyclic amines) is 1. The van der Waals surface area contributed by atoms with Gasteiger partial charge in [0.2, 0.25) is 11.8 Å². The molecule has 3 heterocycles. The molecule has 0 saturated carbocycles. The Balaban J connectivity index is 1.55. The van der Waals surface area contributed by atoms with Crippen LogP contribution in [0.3, 0.4) is 0 Å². The van der Waals surface area contributed by atoms with Crippen molar-refractivity contribution < 1.29 is 19.1 Å². The van der Waals surface area contributed by atoms with Crippen molar-refractivity contribution in [3.8, 4) is 0 Å². The molecule has 3 fully saturated rings. The molecule has 0 bridgehead atoms. The Morgan fingerprint density at radius 2 is 1.91 bits per heavy atom. The van der Waals surface area contributed by atoms with Crippen molar-refractivity contribution in [2.24, 2.45) is 5.92 Å². The third-order valence-corrected chi connectivity index (χ3v) is 5.28. The van der Waals surface area contributed by atoms with Crippen molar-refractivity contribution in [2.45, 2.75) is 44.2 Å². The summed E-state index contributed by atoms with van der Waals surface area (Å²) in [6, 6.07) is 0.113. The quantitative estimate of drug-likeness (QED) is 0.751. The number of nitrogens with zero attached hydrogens (tertiary/aromatic N) is 2. The minimum Gasteiger partial charge on any atom is -0.381 e. The molecule has 3 aliphatic heterocycles. The Labute approximate surface area is 131 Å². The lowest BCUT2D eigenvalue weighted by atomic mass is 9.96. The third-order valence-electron chi connectivity index (χ3n) is 5.28. The predicted octanol–water partition coefficient (Wildman–Crippen LogP) is 0.651. The average Bonchev–Trinajstić information content (AvgIpc) is 2.75. The van der Waals surface area contributed by atoms with Gasteiger partial charge in [-0.25, -0.2) is 0 Å². The molecule has 2 atom stereocenters. The fourth-order valence-electron chi connectivity index (χ4n) is 3.74. The summed E-state index contributed by atoms with van der Waals surface area (Å²) < 4.78 is 11.0. The smallest absolute Gasteiger partial charge is 0.248 e. The van der Waals surface area contributed by atoms with Crippen molar-refractivity contribution in [3.63, 3.8) is 0 Å². The van der Waals surface area contributed by atoms with E-state index in [1.54, 1.807) is 4.90 Å². The monoisotopic (exact) mass is 310 g/mol. The van der Waals surface area contributed by atoms with Gasteiger partial charge in [0.1, 0.15) is 6.61 Å². The number of likely N-dealkylation sites (N-methyl/N-ethyl adjacent to an activating group) is 1. The molecular formula is C16H26N2O4. The van der Waals surface area contributed by atoms with E-state index in [4.69, 9.17) is 9.47 Å². The summed E-state index contributed by atoms with van der Waals surface area (Å²) >= 11 is 0. The Kier molecular flexibility index (Phi) is 4.98. The average molecular weight is 310 g/mol. The van der Waals surface area contributed by atoms with E-state index in [2.05, 4.69) is 0 Å².